The second-order valence-corrected chi connectivity index (χ2v) is 4.64. The Labute approximate surface area is 126 Å². The number of benzene rings is 2. The number of hydrogen-bond acceptors (Lipinski definition) is 4. The van der Waals surface area contributed by atoms with Crippen LogP contribution < -0.4 is 10.5 Å². The van der Waals surface area contributed by atoms with Crippen LogP contribution in [0.2, 0.25) is 5.02 Å². The first kappa shape index (κ1) is 15.1. The fourth-order valence-electron chi connectivity index (χ4n) is 1.74. The Balaban J connectivity index is 2.11. The van der Waals surface area contributed by atoms with Crippen LogP contribution in [0.1, 0.15) is 15.9 Å². The van der Waals surface area contributed by atoms with Crippen LogP contribution in [0.3, 0.4) is 0 Å². The largest absolute Gasteiger partial charge is 0.497 e. The normalized spacial score (nSPS) is 10.2. The molecule has 0 amide bonds. The Morgan fingerprint density at radius 3 is 2.71 bits per heavy atom. The van der Waals surface area contributed by atoms with Crippen molar-refractivity contribution in [2.45, 2.75) is 6.61 Å². The zero-order chi connectivity index (χ0) is 15.4. The lowest BCUT2D eigenvalue weighted by Crippen LogP contribution is -2.09. The summed E-state index contributed by atoms with van der Waals surface area (Å²) in [6.45, 7) is -0.223. The van der Waals surface area contributed by atoms with Crippen LogP contribution >= 0.6 is 11.6 Å². The van der Waals surface area contributed by atoms with Gasteiger partial charge in [-0.25, -0.2) is 9.18 Å². The van der Waals surface area contributed by atoms with Crippen molar-refractivity contribution < 1.29 is 18.7 Å². The molecule has 2 aromatic carbocycles. The molecule has 0 bridgehead atoms. The Kier molecular flexibility index (Phi) is 4.65. The number of ether oxygens (including phenoxy) is 2. The number of methoxy groups -OCH3 is 1. The molecule has 0 spiro atoms. The summed E-state index contributed by atoms with van der Waals surface area (Å²) < 4.78 is 23.7. The smallest absolute Gasteiger partial charge is 0.342 e. The van der Waals surface area contributed by atoms with E-state index in [1.807, 2.05) is 0 Å². The maximum Gasteiger partial charge on any atom is 0.342 e. The first-order valence-corrected chi connectivity index (χ1v) is 6.44. The number of carbonyl (C=O) groups excluding carboxylic acids is 1. The fourth-order valence-corrected chi connectivity index (χ4v) is 2.00. The minimum Gasteiger partial charge on any atom is -0.497 e. The van der Waals surface area contributed by atoms with E-state index < -0.39 is 11.8 Å². The maximum atomic E-state index is 13.7. The summed E-state index contributed by atoms with van der Waals surface area (Å²) in [5.41, 5.74) is 6.20. The molecule has 4 nitrogen and oxygen atoms in total. The van der Waals surface area contributed by atoms with E-state index in [2.05, 4.69) is 0 Å². The Bertz CT molecular complexity index is 656. The van der Waals surface area contributed by atoms with E-state index in [1.54, 1.807) is 12.1 Å². The second kappa shape index (κ2) is 6.45. The maximum absolute atomic E-state index is 13.7. The molecule has 0 atom stereocenters. The molecular formula is C15H13ClFNO3. The van der Waals surface area contributed by atoms with Crippen LogP contribution in [-0.2, 0) is 11.3 Å². The van der Waals surface area contributed by atoms with Crippen LogP contribution in [0.4, 0.5) is 10.1 Å². The first-order valence-electron chi connectivity index (χ1n) is 6.06. The van der Waals surface area contributed by atoms with Gasteiger partial charge in [-0.15, -0.1) is 0 Å². The molecule has 21 heavy (non-hydrogen) atoms. The van der Waals surface area contributed by atoms with Gasteiger partial charge in [-0.1, -0.05) is 17.7 Å². The summed E-state index contributed by atoms with van der Waals surface area (Å²) in [7, 11) is 1.44. The lowest BCUT2D eigenvalue weighted by Gasteiger charge is -2.09. The predicted molar refractivity (Wildman–Crippen MR) is 77.9 cm³/mol. The van der Waals surface area contributed by atoms with Crippen molar-refractivity contribution in [1.82, 2.24) is 0 Å². The summed E-state index contributed by atoms with van der Waals surface area (Å²) in [6.07, 6.45) is 0. The fraction of sp³-hybridized carbons (Fsp3) is 0.133. The third kappa shape index (κ3) is 3.44. The van der Waals surface area contributed by atoms with Gasteiger partial charge in [0.05, 0.1) is 12.1 Å². The summed E-state index contributed by atoms with van der Waals surface area (Å²) in [5, 5.41) is 0.190. The van der Waals surface area contributed by atoms with Crippen LogP contribution in [0.5, 0.6) is 5.75 Å². The minimum atomic E-state index is -0.701. The van der Waals surface area contributed by atoms with Gasteiger partial charge in [0.1, 0.15) is 23.7 Å². The summed E-state index contributed by atoms with van der Waals surface area (Å²) in [6, 6.07) is 8.97. The van der Waals surface area contributed by atoms with Gasteiger partial charge in [0, 0.05) is 17.3 Å². The number of nitrogens with two attached hydrogens (primary N) is 1. The van der Waals surface area contributed by atoms with Crippen LogP contribution in [-0.4, -0.2) is 13.1 Å². The Morgan fingerprint density at radius 1 is 1.33 bits per heavy atom. The van der Waals surface area contributed by atoms with Crippen LogP contribution in [0.15, 0.2) is 36.4 Å². The van der Waals surface area contributed by atoms with Crippen LogP contribution in [0.25, 0.3) is 0 Å². The van der Waals surface area contributed by atoms with Gasteiger partial charge in [0.2, 0.25) is 0 Å². The molecule has 0 aromatic heterocycles. The lowest BCUT2D eigenvalue weighted by atomic mass is 10.2. The Morgan fingerprint density at radius 2 is 2.10 bits per heavy atom. The summed E-state index contributed by atoms with van der Waals surface area (Å²) >= 11 is 5.91. The number of rotatable bonds is 4. The molecule has 0 aliphatic carbocycles. The summed E-state index contributed by atoms with van der Waals surface area (Å²) in [4.78, 5) is 12.0. The number of nitrogen functional groups attached to an aromatic ring is 1. The zero-order valence-electron chi connectivity index (χ0n) is 11.2. The topological polar surface area (TPSA) is 61.5 Å². The minimum absolute atomic E-state index is 0.0769. The van der Waals surface area contributed by atoms with Gasteiger partial charge in [0.15, 0.2) is 0 Å². The molecule has 6 heteroatoms. The molecule has 2 N–H and O–H groups in total. The highest BCUT2D eigenvalue weighted by atomic mass is 35.5. The molecule has 2 rings (SSSR count). The van der Waals surface area contributed by atoms with E-state index in [1.165, 1.54) is 31.4 Å². The van der Waals surface area contributed by atoms with E-state index in [4.69, 9.17) is 26.8 Å². The van der Waals surface area contributed by atoms with Crippen LogP contribution in [0, 0.1) is 5.82 Å². The molecule has 0 saturated carbocycles. The highest BCUT2D eigenvalue weighted by Gasteiger charge is 2.16. The number of anilines is 1. The van der Waals surface area contributed by atoms with E-state index in [0.717, 1.165) is 0 Å². The molecule has 0 fully saturated rings. The molecule has 0 radical (unpaired) electrons. The number of hydrogen-bond donors (Lipinski definition) is 1. The molecule has 110 valence electrons. The SMILES string of the molecule is COc1ccc(COC(=O)c2c(N)cccc2Cl)c(F)c1. The highest BCUT2D eigenvalue weighted by molar-refractivity contribution is 6.34. The van der Waals surface area contributed by atoms with E-state index in [0.29, 0.717) is 5.75 Å². The van der Waals surface area contributed by atoms with Crippen molar-refractivity contribution >= 4 is 23.3 Å². The zero-order valence-corrected chi connectivity index (χ0v) is 12.0. The number of esters is 1. The van der Waals surface area contributed by atoms with Crippen molar-refractivity contribution in [3.05, 3.63) is 58.4 Å². The highest BCUT2D eigenvalue weighted by Crippen LogP contribution is 2.24. The average Bonchev–Trinajstić information content (AvgIpc) is 2.45. The molecule has 0 unspecified atom stereocenters. The predicted octanol–water partition coefficient (Wildman–Crippen LogP) is 3.43. The monoisotopic (exact) mass is 309 g/mol. The molecule has 0 heterocycles. The molecule has 0 aliphatic rings. The Hall–Kier alpha value is -2.27. The number of carbonyl (C=O) groups is 1. The van der Waals surface area contributed by atoms with Crippen molar-refractivity contribution in [1.29, 1.82) is 0 Å². The third-order valence-corrected chi connectivity index (χ3v) is 3.18. The van der Waals surface area contributed by atoms with Crippen molar-refractivity contribution in [2.24, 2.45) is 0 Å². The van der Waals surface area contributed by atoms with Crippen molar-refractivity contribution in [2.75, 3.05) is 12.8 Å². The van der Waals surface area contributed by atoms with E-state index >= 15 is 0 Å². The van der Waals surface area contributed by atoms with Crippen molar-refractivity contribution in [3.63, 3.8) is 0 Å². The van der Waals surface area contributed by atoms with E-state index in [9.17, 15) is 9.18 Å². The average molecular weight is 310 g/mol. The first-order chi connectivity index (χ1) is 10.0. The molecule has 2 aromatic rings. The van der Waals surface area contributed by atoms with E-state index in [-0.39, 0.29) is 28.4 Å². The quantitative estimate of drug-likeness (QED) is 0.694. The van der Waals surface area contributed by atoms with Gasteiger partial charge in [-0.2, -0.15) is 0 Å². The summed E-state index contributed by atoms with van der Waals surface area (Å²) in [5.74, 6) is -0.833. The standard InChI is InChI=1S/C15H13ClFNO3/c1-20-10-6-5-9(12(17)7-10)8-21-15(19)14-11(16)3-2-4-13(14)18/h2-7H,8,18H2,1H3. The number of halogens is 2. The second-order valence-electron chi connectivity index (χ2n) is 4.24. The van der Waals surface area contributed by atoms with Gasteiger partial charge >= 0.3 is 5.97 Å². The van der Waals surface area contributed by atoms with Gasteiger partial charge in [-0.3, -0.25) is 0 Å². The van der Waals surface area contributed by atoms with Gasteiger partial charge in [0.25, 0.3) is 0 Å². The lowest BCUT2D eigenvalue weighted by molar-refractivity contribution is 0.0470. The molecular weight excluding hydrogens is 297 g/mol. The third-order valence-electron chi connectivity index (χ3n) is 2.87. The van der Waals surface area contributed by atoms with Crippen molar-refractivity contribution in [3.8, 4) is 5.75 Å². The van der Waals surface area contributed by atoms with Gasteiger partial charge in [-0.05, 0) is 24.3 Å². The van der Waals surface area contributed by atoms with Gasteiger partial charge < -0.3 is 15.2 Å². The molecule has 0 saturated heterocycles. The molecule has 0 aliphatic heterocycles.